The zero-order chi connectivity index (χ0) is 10.8. The summed E-state index contributed by atoms with van der Waals surface area (Å²) in [4.78, 5) is 0. The van der Waals surface area contributed by atoms with Gasteiger partial charge in [0, 0.05) is 17.8 Å². The second kappa shape index (κ2) is 4.58. The van der Waals surface area contributed by atoms with Crippen molar-refractivity contribution in [1.82, 2.24) is 15.5 Å². The normalized spacial score (nSPS) is 26.6. The quantitative estimate of drug-likeness (QED) is 0.800. The number of aryl methyl sites for hydroxylation is 1. The van der Waals surface area contributed by atoms with Crippen LogP contribution in [0.4, 0.5) is 0 Å². The van der Waals surface area contributed by atoms with E-state index >= 15 is 0 Å². The topological polar surface area (TPSA) is 40.7 Å². The number of hydrogen-bond acceptors (Lipinski definition) is 2. The second-order valence-electron chi connectivity index (χ2n) is 5.32. The van der Waals surface area contributed by atoms with Crippen LogP contribution in [0.1, 0.15) is 49.8 Å². The monoisotopic (exact) mass is 219 g/mol. The van der Waals surface area contributed by atoms with Crippen LogP contribution in [0.15, 0.2) is 6.20 Å². The summed E-state index contributed by atoms with van der Waals surface area (Å²) < 4.78 is 0. The lowest BCUT2D eigenvalue weighted by Crippen LogP contribution is -2.42. The molecule has 2 N–H and O–H groups in total. The summed E-state index contributed by atoms with van der Waals surface area (Å²) in [5, 5.41) is 11.1. The number of aromatic nitrogens is 2. The van der Waals surface area contributed by atoms with E-state index in [1.165, 1.54) is 62.6 Å². The molecule has 1 aromatic heterocycles. The van der Waals surface area contributed by atoms with Crippen LogP contribution in [0.3, 0.4) is 0 Å². The summed E-state index contributed by atoms with van der Waals surface area (Å²) in [6.07, 6.45) is 12.7. The zero-order valence-corrected chi connectivity index (χ0v) is 9.84. The van der Waals surface area contributed by atoms with Gasteiger partial charge < -0.3 is 5.32 Å². The first-order chi connectivity index (χ1) is 7.92. The molecule has 0 spiro atoms. The van der Waals surface area contributed by atoms with E-state index in [9.17, 15) is 0 Å². The van der Waals surface area contributed by atoms with Gasteiger partial charge >= 0.3 is 0 Å². The minimum absolute atomic E-state index is 0.688. The minimum Gasteiger partial charge on any atom is -0.311 e. The van der Waals surface area contributed by atoms with Crippen molar-refractivity contribution in [1.29, 1.82) is 0 Å². The Bertz CT molecular complexity index is 339. The largest absolute Gasteiger partial charge is 0.311 e. The fourth-order valence-electron chi connectivity index (χ4n) is 3.16. The van der Waals surface area contributed by atoms with Crippen LogP contribution in [0, 0.1) is 0 Å². The van der Waals surface area contributed by atoms with Crippen LogP contribution in [-0.2, 0) is 12.8 Å². The summed E-state index contributed by atoms with van der Waals surface area (Å²) in [6.45, 7) is 0. The maximum Gasteiger partial charge on any atom is 0.0522 e. The Hall–Kier alpha value is -0.830. The Morgan fingerprint density at radius 1 is 1.12 bits per heavy atom. The third kappa shape index (κ3) is 2.14. The lowest BCUT2D eigenvalue weighted by atomic mass is 9.90. The fraction of sp³-hybridized carbons (Fsp3) is 0.769. The molecule has 3 nitrogen and oxygen atoms in total. The molecule has 1 fully saturated rings. The van der Waals surface area contributed by atoms with E-state index < -0.39 is 0 Å². The van der Waals surface area contributed by atoms with E-state index in [0.717, 1.165) is 6.04 Å². The molecular formula is C13H21N3. The molecule has 0 amide bonds. The molecule has 16 heavy (non-hydrogen) atoms. The summed E-state index contributed by atoms with van der Waals surface area (Å²) in [6, 6.07) is 1.47. The van der Waals surface area contributed by atoms with E-state index in [0.29, 0.717) is 6.04 Å². The maximum absolute atomic E-state index is 4.13. The molecule has 0 radical (unpaired) electrons. The third-order valence-corrected chi connectivity index (χ3v) is 4.09. The van der Waals surface area contributed by atoms with Gasteiger partial charge in [-0.15, -0.1) is 0 Å². The van der Waals surface area contributed by atoms with Crippen molar-refractivity contribution in [3.8, 4) is 0 Å². The third-order valence-electron chi connectivity index (χ3n) is 4.09. The molecule has 88 valence electrons. The number of nitrogens with one attached hydrogen (secondary N) is 2. The molecule has 2 aliphatic carbocycles. The molecule has 0 aliphatic heterocycles. The summed E-state index contributed by atoms with van der Waals surface area (Å²) in [5.74, 6) is 0. The van der Waals surface area contributed by atoms with Gasteiger partial charge in [0.05, 0.1) is 6.20 Å². The van der Waals surface area contributed by atoms with Gasteiger partial charge in [-0.3, -0.25) is 5.10 Å². The predicted octanol–water partition coefficient (Wildman–Crippen LogP) is 2.19. The number of H-pyrrole nitrogens is 1. The van der Waals surface area contributed by atoms with Crippen LogP contribution in [0.25, 0.3) is 0 Å². The highest BCUT2D eigenvalue weighted by molar-refractivity contribution is 5.21. The first kappa shape index (κ1) is 10.3. The first-order valence-electron chi connectivity index (χ1n) is 6.69. The standard InChI is InChI=1S/C13H21N3/c1-2-4-11(5-3-1)15-12-6-7-13-10(8-12)9-14-16-13/h9,11-12,15H,1-8H2,(H,14,16). The Balaban J connectivity index is 1.57. The lowest BCUT2D eigenvalue weighted by Gasteiger charge is -2.30. The summed E-state index contributed by atoms with van der Waals surface area (Å²) in [7, 11) is 0. The fourth-order valence-corrected chi connectivity index (χ4v) is 3.16. The highest BCUT2D eigenvalue weighted by atomic mass is 15.1. The summed E-state index contributed by atoms with van der Waals surface area (Å²) >= 11 is 0. The van der Waals surface area contributed by atoms with Gasteiger partial charge in [0.15, 0.2) is 0 Å². The predicted molar refractivity (Wildman–Crippen MR) is 64.4 cm³/mol. The highest BCUT2D eigenvalue weighted by Gasteiger charge is 2.23. The van der Waals surface area contributed by atoms with Crippen LogP contribution >= 0.6 is 0 Å². The molecule has 3 rings (SSSR count). The van der Waals surface area contributed by atoms with Crippen molar-refractivity contribution >= 4 is 0 Å². The van der Waals surface area contributed by atoms with Gasteiger partial charge in [-0.25, -0.2) is 0 Å². The molecule has 0 bridgehead atoms. The van der Waals surface area contributed by atoms with Crippen molar-refractivity contribution in [2.24, 2.45) is 0 Å². The molecule has 1 unspecified atom stereocenters. The van der Waals surface area contributed by atoms with Gasteiger partial charge in [-0.1, -0.05) is 19.3 Å². The number of fused-ring (bicyclic) bond motifs is 1. The van der Waals surface area contributed by atoms with E-state index in [2.05, 4.69) is 15.5 Å². The van der Waals surface area contributed by atoms with Crippen LogP contribution in [0.2, 0.25) is 0 Å². The maximum atomic E-state index is 4.13. The molecule has 1 heterocycles. The lowest BCUT2D eigenvalue weighted by molar-refractivity contribution is 0.320. The Kier molecular flexibility index (Phi) is 2.96. The van der Waals surface area contributed by atoms with Crippen LogP contribution < -0.4 is 5.32 Å². The molecule has 1 atom stereocenters. The van der Waals surface area contributed by atoms with Gasteiger partial charge in [-0.2, -0.15) is 5.10 Å². The molecule has 2 aliphatic rings. The van der Waals surface area contributed by atoms with Gasteiger partial charge in [0.2, 0.25) is 0 Å². The summed E-state index contributed by atoms with van der Waals surface area (Å²) in [5.41, 5.74) is 2.79. The van der Waals surface area contributed by atoms with E-state index in [-0.39, 0.29) is 0 Å². The molecule has 1 saturated carbocycles. The van der Waals surface area contributed by atoms with Gasteiger partial charge in [0.25, 0.3) is 0 Å². The number of hydrogen-bond donors (Lipinski definition) is 2. The highest BCUT2D eigenvalue weighted by Crippen LogP contribution is 2.22. The number of rotatable bonds is 2. The zero-order valence-electron chi connectivity index (χ0n) is 9.84. The molecule has 0 aromatic carbocycles. The Labute approximate surface area is 97.0 Å². The van der Waals surface area contributed by atoms with Crippen molar-refractivity contribution < 1.29 is 0 Å². The van der Waals surface area contributed by atoms with Crippen molar-refractivity contribution in [3.63, 3.8) is 0 Å². The average Bonchev–Trinajstić information content (AvgIpc) is 2.77. The SMILES string of the molecule is c1n[nH]c2c1CC(NC1CCCCC1)CC2. The Morgan fingerprint density at radius 3 is 2.88 bits per heavy atom. The minimum atomic E-state index is 0.688. The van der Waals surface area contributed by atoms with Crippen molar-refractivity contribution in [3.05, 3.63) is 17.5 Å². The van der Waals surface area contributed by atoms with Crippen molar-refractivity contribution in [2.75, 3.05) is 0 Å². The van der Waals surface area contributed by atoms with E-state index in [4.69, 9.17) is 0 Å². The number of nitrogens with zero attached hydrogens (tertiary/aromatic N) is 1. The van der Waals surface area contributed by atoms with Crippen LogP contribution in [-0.4, -0.2) is 22.3 Å². The van der Waals surface area contributed by atoms with Gasteiger partial charge in [-0.05, 0) is 37.7 Å². The molecular weight excluding hydrogens is 198 g/mol. The van der Waals surface area contributed by atoms with E-state index in [1.807, 2.05) is 6.20 Å². The van der Waals surface area contributed by atoms with Crippen molar-refractivity contribution in [2.45, 2.75) is 63.5 Å². The average molecular weight is 219 g/mol. The second-order valence-corrected chi connectivity index (χ2v) is 5.32. The van der Waals surface area contributed by atoms with Crippen LogP contribution in [0.5, 0.6) is 0 Å². The van der Waals surface area contributed by atoms with E-state index in [1.54, 1.807) is 0 Å². The molecule has 1 aromatic rings. The smallest absolute Gasteiger partial charge is 0.0522 e. The molecule has 3 heteroatoms. The first-order valence-corrected chi connectivity index (χ1v) is 6.69. The Morgan fingerprint density at radius 2 is 2.00 bits per heavy atom. The van der Waals surface area contributed by atoms with Gasteiger partial charge in [0.1, 0.15) is 0 Å². The molecule has 0 saturated heterocycles. The number of aromatic amines is 1.